The smallest absolute Gasteiger partial charge is 0.310 e. The summed E-state index contributed by atoms with van der Waals surface area (Å²) in [6, 6.07) is 0. The van der Waals surface area contributed by atoms with Gasteiger partial charge in [0.2, 0.25) is 5.91 Å². The Morgan fingerprint density at radius 3 is 2.81 bits per heavy atom. The van der Waals surface area contributed by atoms with Crippen LogP contribution in [0.15, 0.2) is 12.7 Å². The molecule has 1 unspecified atom stereocenters. The SMILES string of the molecule is C=CCNC(=O)CN1CCC(C)(C(=O)O)C1. The van der Waals surface area contributed by atoms with Crippen LogP contribution in [0.4, 0.5) is 0 Å². The molecular formula is C11H18N2O3. The van der Waals surface area contributed by atoms with Gasteiger partial charge in [0.05, 0.1) is 12.0 Å². The van der Waals surface area contributed by atoms with Crippen LogP contribution < -0.4 is 5.32 Å². The van der Waals surface area contributed by atoms with Crippen LogP contribution in [-0.2, 0) is 9.59 Å². The fourth-order valence-electron chi connectivity index (χ4n) is 1.81. The molecule has 0 radical (unpaired) electrons. The minimum atomic E-state index is -0.790. The molecular weight excluding hydrogens is 208 g/mol. The van der Waals surface area contributed by atoms with E-state index >= 15 is 0 Å². The molecule has 16 heavy (non-hydrogen) atoms. The molecule has 1 atom stereocenters. The third-order valence-electron chi connectivity index (χ3n) is 2.88. The van der Waals surface area contributed by atoms with Crippen LogP contribution in [-0.4, -0.2) is 48.1 Å². The monoisotopic (exact) mass is 226 g/mol. The molecule has 0 aliphatic carbocycles. The van der Waals surface area contributed by atoms with Crippen LogP contribution in [0, 0.1) is 5.41 Å². The molecule has 90 valence electrons. The highest BCUT2D eigenvalue weighted by atomic mass is 16.4. The first-order valence-corrected chi connectivity index (χ1v) is 5.31. The fourth-order valence-corrected chi connectivity index (χ4v) is 1.81. The van der Waals surface area contributed by atoms with Gasteiger partial charge in [0.1, 0.15) is 0 Å². The van der Waals surface area contributed by atoms with Crippen molar-refractivity contribution in [1.82, 2.24) is 10.2 Å². The summed E-state index contributed by atoms with van der Waals surface area (Å²) < 4.78 is 0. The van der Waals surface area contributed by atoms with Crippen molar-refractivity contribution in [3.05, 3.63) is 12.7 Å². The number of rotatable bonds is 5. The molecule has 5 heteroatoms. The zero-order valence-electron chi connectivity index (χ0n) is 9.53. The first-order chi connectivity index (χ1) is 7.48. The van der Waals surface area contributed by atoms with Crippen molar-refractivity contribution in [3.63, 3.8) is 0 Å². The zero-order chi connectivity index (χ0) is 12.2. The first kappa shape index (κ1) is 12.7. The maximum Gasteiger partial charge on any atom is 0.310 e. The molecule has 0 aromatic heterocycles. The summed E-state index contributed by atoms with van der Waals surface area (Å²) >= 11 is 0. The number of hydrogen-bond acceptors (Lipinski definition) is 3. The Morgan fingerprint density at radius 1 is 1.62 bits per heavy atom. The molecule has 1 aliphatic rings. The molecule has 1 saturated heterocycles. The number of carboxylic acid groups (broad SMARTS) is 1. The minimum absolute atomic E-state index is 0.0884. The maximum absolute atomic E-state index is 11.4. The van der Waals surface area contributed by atoms with Gasteiger partial charge in [-0.3, -0.25) is 14.5 Å². The summed E-state index contributed by atoms with van der Waals surface area (Å²) in [4.78, 5) is 24.2. The second kappa shape index (κ2) is 5.12. The van der Waals surface area contributed by atoms with E-state index < -0.39 is 11.4 Å². The second-order valence-electron chi connectivity index (χ2n) is 4.42. The number of nitrogens with zero attached hydrogens (tertiary/aromatic N) is 1. The predicted octanol–water partition coefficient (Wildman–Crippen LogP) is 0.0852. The van der Waals surface area contributed by atoms with E-state index in [9.17, 15) is 9.59 Å². The molecule has 0 aromatic carbocycles. The lowest BCUT2D eigenvalue weighted by Gasteiger charge is -2.19. The van der Waals surface area contributed by atoms with Crippen LogP contribution in [0.25, 0.3) is 0 Å². The number of hydrogen-bond donors (Lipinski definition) is 2. The average Bonchev–Trinajstić information content (AvgIpc) is 2.58. The Balaban J connectivity index is 2.39. The van der Waals surface area contributed by atoms with Crippen molar-refractivity contribution >= 4 is 11.9 Å². The Hall–Kier alpha value is -1.36. The average molecular weight is 226 g/mol. The van der Waals surface area contributed by atoms with Crippen LogP contribution in [0.2, 0.25) is 0 Å². The van der Waals surface area contributed by atoms with Crippen LogP contribution in [0.5, 0.6) is 0 Å². The van der Waals surface area contributed by atoms with E-state index in [1.54, 1.807) is 13.0 Å². The molecule has 1 heterocycles. The highest BCUT2D eigenvalue weighted by molar-refractivity contribution is 5.79. The molecule has 5 nitrogen and oxygen atoms in total. The van der Waals surface area contributed by atoms with Gasteiger partial charge in [0, 0.05) is 13.1 Å². The summed E-state index contributed by atoms with van der Waals surface area (Å²) in [5, 5.41) is 11.7. The van der Waals surface area contributed by atoms with Gasteiger partial charge < -0.3 is 10.4 Å². The standard InChI is InChI=1S/C11H18N2O3/c1-3-5-12-9(14)7-13-6-4-11(2,8-13)10(15)16/h3H,1,4-8H2,2H3,(H,12,14)(H,15,16). The molecule has 0 bridgehead atoms. The lowest BCUT2D eigenvalue weighted by molar-refractivity contribution is -0.147. The third kappa shape index (κ3) is 3.06. The topological polar surface area (TPSA) is 69.6 Å². The van der Waals surface area contributed by atoms with Gasteiger partial charge in [-0.05, 0) is 19.9 Å². The van der Waals surface area contributed by atoms with Crippen LogP contribution in [0.1, 0.15) is 13.3 Å². The lowest BCUT2D eigenvalue weighted by Crippen LogP contribution is -2.38. The van der Waals surface area contributed by atoms with Crippen molar-refractivity contribution in [2.45, 2.75) is 13.3 Å². The van der Waals surface area contributed by atoms with E-state index in [4.69, 9.17) is 5.11 Å². The van der Waals surface area contributed by atoms with Gasteiger partial charge in [-0.2, -0.15) is 0 Å². The van der Waals surface area contributed by atoms with Crippen molar-refractivity contribution in [1.29, 1.82) is 0 Å². The molecule has 1 rings (SSSR count). The molecule has 1 amide bonds. The van der Waals surface area contributed by atoms with Crippen molar-refractivity contribution in [2.24, 2.45) is 5.41 Å². The number of carbonyl (C=O) groups is 2. The Morgan fingerprint density at radius 2 is 2.31 bits per heavy atom. The largest absolute Gasteiger partial charge is 0.481 e. The van der Waals surface area contributed by atoms with Gasteiger partial charge in [-0.15, -0.1) is 6.58 Å². The quantitative estimate of drug-likeness (QED) is 0.652. The summed E-state index contributed by atoms with van der Waals surface area (Å²) in [7, 11) is 0. The summed E-state index contributed by atoms with van der Waals surface area (Å²) in [6.45, 7) is 7.02. The number of likely N-dealkylation sites (tertiary alicyclic amines) is 1. The van der Waals surface area contributed by atoms with Crippen molar-refractivity contribution in [2.75, 3.05) is 26.2 Å². The Kier molecular flexibility index (Phi) is 4.06. The highest BCUT2D eigenvalue weighted by Crippen LogP contribution is 2.29. The second-order valence-corrected chi connectivity index (χ2v) is 4.42. The van der Waals surface area contributed by atoms with E-state index in [-0.39, 0.29) is 12.5 Å². The lowest BCUT2D eigenvalue weighted by atomic mass is 9.90. The number of carbonyl (C=O) groups excluding carboxylic acids is 1. The number of carboxylic acids is 1. The van der Waals surface area contributed by atoms with E-state index in [2.05, 4.69) is 11.9 Å². The van der Waals surface area contributed by atoms with Crippen LogP contribution >= 0.6 is 0 Å². The first-order valence-electron chi connectivity index (χ1n) is 5.31. The normalized spacial score (nSPS) is 25.3. The molecule has 0 saturated carbocycles. The van der Waals surface area contributed by atoms with E-state index in [1.165, 1.54) is 0 Å². The van der Waals surface area contributed by atoms with E-state index in [0.717, 1.165) is 0 Å². The fraction of sp³-hybridized carbons (Fsp3) is 0.636. The van der Waals surface area contributed by atoms with Crippen molar-refractivity contribution < 1.29 is 14.7 Å². The Labute approximate surface area is 95.1 Å². The molecule has 0 aromatic rings. The summed E-state index contributed by atoms with van der Waals surface area (Å²) in [5.74, 6) is -0.879. The van der Waals surface area contributed by atoms with Gasteiger partial charge in [-0.1, -0.05) is 6.08 Å². The number of amides is 1. The molecule has 2 N–H and O–H groups in total. The minimum Gasteiger partial charge on any atom is -0.481 e. The van der Waals surface area contributed by atoms with Crippen LogP contribution in [0.3, 0.4) is 0 Å². The summed E-state index contributed by atoms with van der Waals surface area (Å²) in [5.41, 5.74) is -0.710. The van der Waals surface area contributed by atoms with Gasteiger partial charge in [0.15, 0.2) is 0 Å². The summed E-state index contributed by atoms with van der Waals surface area (Å²) in [6.07, 6.45) is 2.21. The maximum atomic E-state index is 11.4. The highest BCUT2D eigenvalue weighted by Gasteiger charge is 2.40. The van der Waals surface area contributed by atoms with E-state index in [1.807, 2.05) is 4.90 Å². The van der Waals surface area contributed by atoms with Gasteiger partial charge in [-0.25, -0.2) is 0 Å². The third-order valence-corrected chi connectivity index (χ3v) is 2.88. The predicted molar refractivity (Wildman–Crippen MR) is 60.0 cm³/mol. The number of nitrogens with one attached hydrogen (secondary N) is 1. The zero-order valence-corrected chi connectivity index (χ0v) is 9.53. The van der Waals surface area contributed by atoms with E-state index in [0.29, 0.717) is 26.1 Å². The molecule has 1 fully saturated rings. The molecule has 1 aliphatic heterocycles. The Bertz CT molecular complexity index is 304. The van der Waals surface area contributed by atoms with Gasteiger partial charge in [0.25, 0.3) is 0 Å². The van der Waals surface area contributed by atoms with Crippen molar-refractivity contribution in [3.8, 4) is 0 Å². The van der Waals surface area contributed by atoms with Gasteiger partial charge >= 0.3 is 5.97 Å². The number of aliphatic carboxylic acids is 1. The molecule has 0 spiro atoms.